The number of benzene rings is 1. The van der Waals surface area contributed by atoms with Crippen molar-refractivity contribution in [1.82, 2.24) is 4.90 Å². The Morgan fingerprint density at radius 2 is 2.00 bits per heavy atom. The Morgan fingerprint density at radius 1 is 1.24 bits per heavy atom. The van der Waals surface area contributed by atoms with Crippen molar-refractivity contribution >= 4 is 34.9 Å². The molecule has 0 aromatic heterocycles. The summed E-state index contributed by atoms with van der Waals surface area (Å²) in [5.41, 5.74) is 2.97. The van der Waals surface area contributed by atoms with E-state index < -0.39 is 5.60 Å². The fraction of sp³-hybridized carbons (Fsp3) is 0.474. The molecule has 0 radical (unpaired) electrons. The molecule has 1 aromatic carbocycles. The van der Waals surface area contributed by atoms with Crippen LogP contribution in [0.4, 0.5) is 10.5 Å². The van der Waals surface area contributed by atoms with Gasteiger partial charge in [0.25, 0.3) is 5.91 Å². The molecule has 2 aliphatic heterocycles. The fourth-order valence-electron chi connectivity index (χ4n) is 3.25. The number of carbonyl (C=O) groups is 2. The van der Waals surface area contributed by atoms with E-state index in [2.05, 4.69) is 5.32 Å². The number of carbonyl (C=O) groups excluding carboxylic acids is 2. The highest BCUT2D eigenvalue weighted by Gasteiger charge is 2.30. The lowest BCUT2D eigenvalue weighted by Gasteiger charge is -2.26. The first-order chi connectivity index (χ1) is 11.7. The largest absolute Gasteiger partial charge is 0.444 e. The lowest BCUT2D eigenvalue weighted by Crippen LogP contribution is -2.37. The normalized spacial score (nSPS) is 20.8. The molecule has 25 heavy (non-hydrogen) atoms. The molecule has 134 valence electrons. The molecule has 1 fully saturated rings. The number of anilines is 1. The van der Waals surface area contributed by atoms with Crippen LogP contribution >= 0.6 is 11.6 Å². The second kappa shape index (κ2) is 6.71. The second-order valence-electron chi connectivity index (χ2n) is 7.44. The number of nitrogens with one attached hydrogen (secondary N) is 1. The van der Waals surface area contributed by atoms with Crippen LogP contribution in [0.25, 0.3) is 5.57 Å². The van der Waals surface area contributed by atoms with Gasteiger partial charge in [-0.3, -0.25) is 4.79 Å². The third kappa shape index (κ3) is 3.98. The van der Waals surface area contributed by atoms with Crippen LogP contribution < -0.4 is 5.32 Å². The minimum absolute atomic E-state index is 0.0852. The third-order valence-corrected chi connectivity index (χ3v) is 4.56. The highest BCUT2D eigenvalue weighted by molar-refractivity contribution is 6.34. The molecule has 1 N–H and O–H groups in total. The van der Waals surface area contributed by atoms with Gasteiger partial charge in [0.2, 0.25) is 0 Å². The van der Waals surface area contributed by atoms with Gasteiger partial charge in [0.15, 0.2) is 0 Å². The van der Waals surface area contributed by atoms with Crippen LogP contribution in [0.15, 0.2) is 23.8 Å². The van der Waals surface area contributed by atoms with Crippen LogP contribution in [0.3, 0.4) is 0 Å². The molecule has 0 bridgehead atoms. The van der Waals surface area contributed by atoms with Gasteiger partial charge < -0.3 is 15.0 Å². The summed E-state index contributed by atoms with van der Waals surface area (Å²) in [6.45, 7) is 6.79. The molecule has 0 aliphatic carbocycles. The molecule has 1 saturated heterocycles. The Hall–Kier alpha value is -2.01. The average molecular weight is 363 g/mol. The van der Waals surface area contributed by atoms with Crippen LogP contribution in [0.2, 0.25) is 5.02 Å². The molecule has 1 aromatic rings. The highest BCUT2D eigenvalue weighted by atomic mass is 35.5. The summed E-state index contributed by atoms with van der Waals surface area (Å²) in [6, 6.07) is 5.45. The number of halogens is 1. The number of amides is 2. The minimum Gasteiger partial charge on any atom is -0.444 e. The van der Waals surface area contributed by atoms with Crippen LogP contribution in [-0.2, 0) is 9.53 Å². The number of nitrogens with zero attached hydrogens (tertiary/aromatic N) is 1. The summed E-state index contributed by atoms with van der Waals surface area (Å²) in [7, 11) is 0. The van der Waals surface area contributed by atoms with E-state index in [1.165, 1.54) is 0 Å². The Morgan fingerprint density at radius 3 is 2.72 bits per heavy atom. The number of hydrogen-bond acceptors (Lipinski definition) is 3. The topological polar surface area (TPSA) is 58.6 Å². The van der Waals surface area contributed by atoms with Gasteiger partial charge in [-0.05, 0) is 52.2 Å². The van der Waals surface area contributed by atoms with Crippen molar-refractivity contribution in [3.8, 4) is 0 Å². The van der Waals surface area contributed by atoms with Gasteiger partial charge in [0, 0.05) is 29.2 Å². The van der Waals surface area contributed by atoms with Gasteiger partial charge in [0.05, 0.1) is 5.69 Å². The van der Waals surface area contributed by atoms with Crippen molar-refractivity contribution in [3.63, 3.8) is 0 Å². The van der Waals surface area contributed by atoms with E-state index in [1.54, 1.807) is 17.0 Å². The van der Waals surface area contributed by atoms with Crippen LogP contribution in [0.1, 0.15) is 45.6 Å². The number of hydrogen-bond donors (Lipinski definition) is 1. The number of likely N-dealkylation sites (tertiary alicyclic amines) is 1. The van der Waals surface area contributed by atoms with Crippen LogP contribution in [0.5, 0.6) is 0 Å². The van der Waals surface area contributed by atoms with Crippen molar-refractivity contribution in [2.45, 2.75) is 45.6 Å². The van der Waals surface area contributed by atoms with E-state index in [-0.39, 0.29) is 12.0 Å². The zero-order valence-electron chi connectivity index (χ0n) is 14.8. The van der Waals surface area contributed by atoms with Gasteiger partial charge in [-0.2, -0.15) is 0 Å². The van der Waals surface area contributed by atoms with Crippen molar-refractivity contribution in [1.29, 1.82) is 0 Å². The summed E-state index contributed by atoms with van der Waals surface area (Å²) in [6.07, 6.45) is 1.99. The van der Waals surface area contributed by atoms with Gasteiger partial charge in [-0.1, -0.05) is 23.2 Å². The Balaban J connectivity index is 1.81. The molecule has 0 spiro atoms. The van der Waals surface area contributed by atoms with Crippen molar-refractivity contribution in [3.05, 3.63) is 34.4 Å². The van der Waals surface area contributed by atoms with Crippen molar-refractivity contribution in [2.75, 3.05) is 18.4 Å². The van der Waals surface area contributed by atoms with Gasteiger partial charge in [0.1, 0.15) is 5.60 Å². The van der Waals surface area contributed by atoms with Gasteiger partial charge >= 0.3 is 6.09 Å². The smallest absolute Gasteiger partial charge is 0.410 e. The molecule has 2 heterocycles. The standard InChI is InChI=1S/C19H23ClN2O3/c1-19(2,3)25-18(24)22-9-4-5-12(8-10-22)16-14-7-6-13(20)11-15(14)21-17(16)23/h6-7,11H,4-5,8-10H2,1-3H3,(H,21,23)/b16-12+. The predicted molar refractivity (Wildman–Crippen MR) is 98.7 cm³/mol. The maximum atomic E-state index is 12.4. The summed E-state index contributed by atoms with van der Waals surface area (Å²) in [4.78, 5) is 26.5. The third-order valence-electron chi connectivity index (χ3n) is 4.32. The molecule has 0 atom stereocenters. The number of ether oxygens (including phenoxy) is 1. The molecule has 0 unspecified atom stereocenters. The first-order valence-corrected chi connectivity index (χ1v) is 8.93. The highest BCUT2D eigenvalue weighted by Crippen LogP contribution is 2.38. The lowest BCUT2D eigenvalue weighted by molar-refractivity contribution is -0.110. The van der Waals surface area contributed by atoms with Crippen LogP contribution in [0, 0.1) is 0 Å². The molecule has 0 saturated carbocycles. The average Bonchev–Trinajstić information content (AvgIpc) is 2.68. The summed E-state index contributed by atoms with van der Waals surface area (Å²) >= 11 is 6.01. The van der Waals surface area contributed by atoms with Gasteiger partial charge in [-0.15, -0.1) is 0 Å². The quantitative estimate of drug-likeness (QED) is 0.693. The van der Waals surface area contributed by atoms with Gasteiger partial charge in [-0.25, -0.2) is 4.79 Å². The Bertz CT molecular complexity index is 750. The lowest BCUT2D eigenvalue weighted by atomic mass is 9.96. The summed E-state index contributed by atoms with van der Waals surface area (Å²) in [5.74, 6) is -0.0852. The van der Waals surface area contributed by atoms with E-state index in [1.807, 2.05) is 26.8 Å². The molecule has 6 heteroatoms. The van der Waals surface area contributed by atoms with Crippen molar-refractivity contribution < 1.29 is 14.3 Å². The minimum atomic E-state index is -0.506. The Labute approximate surface area is 153 Å². The summed E-state index contributed by atoms with van der Waals surface area (Å²) < 4.78 is 5.46. The zero-order chi connectivity index (χ0) is 18.2. The molecular weight excluding hydrogens is 340 g/mol. The van der Waals surface area contributed by atoms with Crippen LogP contribution in [-0.4, -0.2) is 35.6 Å². The first-order valence-electron chi connectivity index (χ1n) is 8.56. The monoisotopic (exact) mass is 362 g/mol. The first kappa shape index (κ1) is 17.8. The van der Waals surface area contributed by atoms with E-state index in [0.717, 1.165) is 35.2 Å². The molecular formula is C19H23ClN2O3. The molecule has 2 amide bonds. The molecule has 2 aliphatic rings. The molecule has 3 rings (SSSR count). The summed E-state index contributed by atoms with van der Waals surface area (Å²) in [5, 5.41) is 3.48. The second-order valence-corrected chi connectivity index (χ2v) is 7.88. The zero-order valence-corrected chi connectivity index (χ0v) is 15.6. The predicted octanol–water partition coefficient (Wildman–Crippen LogP) is 4.47. The maximum absolute atomic E-state index is 12.4. The fourth-order valence-corrected chi connectivity index (χ4v) is 3.42. The van der Waals surface area contributed by atoms with E-state index in [4.69, 9.17) is 16.3 Å². The number of rotatable bonds is 0. The Kier molecular flexibility index (Phi) is 4.78. The van der Waals surface area contributed by atoms with E-state index in [0.29, 0.717) is 24.5 Å². The number of fused-ring (bicyclic) bond motifs is 1. The maximum Gasteiger partial charge on any atom is 0.410 e. The van der Waals surface area contributed by atoms with E-state index in [9.17, 15) is 9.59 Å². The molecule has 5 nitrogen and oxygen atoms in total. The van der Waals surface area contributed by atoms with E-state index >= 15 is 0 Å². The SMILES string of the molecule is CC(C)(C)OC(=O)N1CCC/C(=C2\C(=O)Nc3cc(Cl)ccc32)CC1. The van der Waals surface area contributed by atoms with Crippen molar-refractivity contribution in [2.24, 2.45) is 0 Å².